The topological polar surface area (TPSA) is 68.1 Å². The largest absolute Gasteiger partial charge is 0.378 e. The van der Waals surface area contributed by atoms with E-state index in [9.17, 15) is 0 Å². The van der Waals surface area contributed by atoms with Crippen molar-refractivity contribution in [3.8, 4) is 0 Å². The molecule has 168 valence electrons. The van der Waals surface area contributed by atoms with Crippen LogP contribution in [0.5, 0.6) is 0 Å². The van der Waals surface area contributed by atoms with Gasteiger partial charge in [-0.2, -0.15) is 5.10 Å². The highest BCUT2D eigenvalue weighted by atomic mass is 35.5. The predicted octanol–water partition coefficient (Wildman–Crippen LogP) is 4.87. The third kappa shape index (κ3) is 3.63. The fourth-order valence-corrected chi connectivity index (χ4v) is 5.15. The van der Waals surface area contributed by atoms with Crippen molar-refractivity contribution in [1.29, 1.82) is 0 Å². The lowest BCUT2D eigenvalue weighted by Gasteiger charge is -2.43. The number of halogens is 3. The number of aromatic nitrogens is 4. The molecule has 1 aliphatic carbocycles. The molecule has 32 heavy (non-hydrogen) atoms. The molecule has 7 nitrogen and oxygen atoms in total. The summed E-state index contributed by atoms with van der Waals surface area (Å²) >= 11 is 13.0. The maximum Gasteiger partial charge on any atom is 0.227 e. The Morgan fingerprint density at radius 2 is 1.88 bits per heavy atom. The molecular formula is C22H23Cl2FN6O. The van der Waals surface area contributed by atoms with Crippen LogP contribution < -0.4 is 5.32 Å². The molecule has 0 bridgehead atoms. The van der Waals surface area contributed by atoms with Crippen LogP contribution in [0.1, 0.15) is 37.3 Å². The standard InChI is InChI=1S/C22H23Cl2FN6O/c23-17-7-13-9-26-21(29-19-10-27-31(20(19)24)14-1-2-14)28-18(13)8-16(17)22(25)3-5-30(6-4-22)15-11-32-12-15/h7-10,14-15H,1-6,11-12H2,(H,26,28,29). The second kappa shape index (κ2) is 7.80. The highest BCUT2D eigenvalue weighted by molar-refractivity contribution is 6.32. The molecule has 1 N–H and O–H groups in total. The van der Waals surface area contributed by atoms with Crippen LogP contribution in [0.2, 0.25) is 10.2 Å². The van der Waals surface area contributed by atoms with Crippen molar-refractivity contribution < 1.29 is 9.13 Å². The van der Waals surface area contributed by atoms with Gasteiger partial charge in [0.05, 0.1) is 42.7 Å². The smallest absolute Gasteiger partial charge is 0.227 e. The Kier molecular flexibility index (Phi) is 5.02. The Hall–Kier alpha value is -2.00. The number of piperidine rings is 1. The van der Waals surface area contributed by atoms with Crippen molar-refractivity contribution in [2.24, 2.45) is 0 Å². The average Bonchev–Trinajstić information content (AvgIpc) is 3.52. The van der Waals surface area contributed by atoms with Crippen LogP contribution in [0.25, 0.3) is 10.9 Å². The van der Waals surface area contributed by atoms with E-state index in [1.54, 1.807) is 24.5 Å². The van der Waals surface area contributed by atoms with Gasteiger partial charge in [-0.15, -0.1) is 0 Å². The number of alkyl halides is 1. The number of benzene rings is 1. The monoisotopic (exact) mass is 476 g/mol. The highest BCUT2D eigenvalue weighted by Crippen LogP contribution is 2.43. The Bertz CT molecular complexity index is 1170. The van der Waals surface area contributed by atoms with E-state index in [-0.39, 0.29) is 0 Å². The van der Waals surface area contributed by atoms with Crippen LogP contribution in [0.3, 0.4) is 0 Å². The zero-order valence-electron chi connectivity index (χ0n) is 17.4. The van der Waals surface area contributed by atoms with Crippen molar-refractivity contribution >= 4 is 45.7 Å². The van der Waals surface area contributed by atoms with Gasteiger partial charge in [-0.05, 0) is 37.8 Å². The van der Waals surface area contributed by atoms with Crippen LogP contribution in [-0.4, -0.2) is 57.0 Å². The number of rotatable bonds is 5. The lowest BCUT2D eigenvalue weighted by molar-refractivity contribution is -0.0856. The summed E-state index contributed by atoms with van der Waals surface area (Å²) in [7, 11) is 0. The van der Waals surface area contributed by atoms with Crippen LogP contribution in [0.4, 0.5) is 16.0 Å². The fourth-order valence-electron chi connectivity index (χ4n) is 4.53. The van der Waals surface area contributed by atoms with E-state index in [0.29, 0.717) is 70.9 Å². The molecule has 0 unspecified atom stereocenters. The first kappa shape index (κ1) is 20.6. The number of likely N-dealkylation sites (tertiary alicyclic amines) is 1. The summed E-state index contributed by atoms with van der Waals surface area (Å²) in [5, 5.41) is 9.20. The Morgan fingerprint density at radius 3 is 2.56 bits per heavy atom. The van der Waals surface area contributed by atoms with Gasteiger partial charge < -0.3 is 10.1 Å². The molecule has 0 amide bonds. The number of hydrogen-bond acceptors (Lipinski definition) is 6. The van der Waals surface area contributed by atoms with Crippen LogP contribution in [-0.2, 0) is 10.4 Å². The number of nitrogens with zero attached hydrogens (tertiary/aromatic N) is 5. The molecule has 1 saturated carbocycles. The summed E-state index contributed by atoms with van der Waals surface area (Å²) in [6.07, 6.45) is 6.35. The SMILES string of the molecule is FC1(c2cc3nc(Nc4cnn(C5CC5)c4Cl)ncc3cc2Cl)CCN(C2COC2)CC1. The first-order valence-corrected chi connectivity index (χ1v) is 11.7. The van der Waals surface area contributed by atoms with Gasteiger partial charge in [0.1, 0.15) is 5.67 Å². The van der Waals surface area contributed by atoms with Gasteiger partial charge in [-0.25, -0.2) is 19.0 Å². The summed E-state index contributed by atoms with van der Waals surface area (Å²) in [5.74, 6) is 0.385. The molecule has 10 heteroatoms. The summed E-state index contributed by atoms with van der Waals surface area (Å²) in [6.45, 7) is 2.87. The third-order valence-electron chi connectivity index (χ3n) is 6.75. The van der Waals surface area contributed by atoms with E-state index in [0.717, 1.165) is 31.4 Å². The van der Waals surface area contributed by atoms with E-state index in [2.05, 4.69) is 25.3 Å². The lowest BCUT2D eigenvalue weighted by atomic mass is 9.85. The molecule has 2 saturated heterocycles. The molecule has 0 atom stereocenters. The van der Waals surface area contributed by atoms with Crippen LogP contribution in [0, 0.1) is 0 Å². The summed E-state index contributed by atoms with van der Waals surface area (Å²) in [4.78, 5) is 11.3. The lowest BCUT2D eigenvalue weighted by Crippen LogP contribution is -2.53. The van der Waals surface area contributed by atoms with Crippen molar-refractivity contribution in [3.05, 3.63) is 40.3 Å². The average molecular weight is 477 g/mol. The Morgan fingerprint density at radius 1 is 1.09 bits per heavy atom. The van der Waals surface area contributed by atoms with E-state index < -0.39 is 5.67 Å². The zero-order valence-corrected chi connectivity index (χ0v) is 18.9. The molecule has 3 fully saturated rings. The van der Waals surface area contributed by atoms with E-state index in [1.165, 1.54) is 0 Å². The van der Waals surface area contributed by atoms with Gasteiger partial charge in [0.2, 0.25) is 5.95 Å². The van der Waals surface area contributed by atoms with E-state index in [4.69, 9.17) is 27.9 Å². The summed E-state index contributed by atoms with van der Waals surface area (Å²) < 4.78 is 23.1. The number of fused-ring (bicyclic) bond motifs is 1. The number of hydrogen-bond donors (Lipinski definition) is 1. The van der Waals surface area contributed by atoms with Crippen molar-refractivity contribution in [3.63, 3.8) is 0 Å². The molecule has 6 rings (SSSR count). The molecule has 2 aromatic heterocycles. The molecule has 4 heterocycles. The maximum absolute atomic E-state index is 16.0. The van der Waals surface area contributed by atoms with Gasteiger partial charge >= 0.3 is 0 Å². The van der Waals surface area contributed by atoms with Gasteiger partial charge in [0.25, 0.3) is 0 Å². The first-order chi connectivity index (χ1) is 15.5. The molecule has 0 spiro atoms. The van der Waals surface area contributed by atoms with E-state index in [1.807, 2.05) is 4.68 Å². The fraction of sp³-hybridized carbons (Fsp3) is 0.500. The molecule has 3 aliphatic rings. The Balaban J connectivity index is 1.26. The third-order valence-corrected chi connectivity index (χ3v) is 7.44. The summed E-state index contributed by atoms with van der Waals surface area (Å²) in [6, 6.07) is 4.32. The van der Waals surface area contributed by atoms with Gasteiger partial charge in [-0.3, -0.25) is 4.90 Å². The maximum atomic E-state index is 16.0. The van der Waals surface area contributed by atoms with Crippen LogP contribution in [0.15, 0.2) is 24.5 Å². The zero-order chi connectivity index (χ0) is 21.9. The molecule has 1 aromatic carbocycles. The Labute approximate surface area is 194 Å². The normalized spacial score (nSPS) is 21.6. The molecular weight excluding hydrogens is 454 g/mol. The minimum atomic E-state index is -1.47. The number of ether oxygens (including phenoxy) is 1. The van der Waals surface area contributed by atoms with Gasteiger partial charge in [0, 0.05) is 35.3 Å². The minimum Gasteiger partial charge on any atom is -0.378 e. The quantitative estimate of drug-likeness (QED) is 0.566. The van der Waals surface area contributed by atoms with Crippen molar-refractivity contribution in [2.45, 2.75) is 43.4 Å². The van der Waals surface area contributed by atoms with Crippen molar-refractivity contribution in [2.75, 3.05) is 31.6 Å². The van der Waals surface area contributed by atoms with Gasteiger partial charge in [0.15, 0.2) is 5.15 Å². The molecule has 3 aromatic rings. The number of anilines is 2. The second-order valence-corrected chi connectivity index (χ2v) is 9.69. The minimum absolute atomic E-state index is 0.379. The highest BCUT2D eigenvalue weighted by Gasteiger charge is 2.40. The van der Waals surface area contributed by atoms with Gasteiger partial charge in [-0.1, -0.05) is 23.2 Å². The van der Waals surface area contributed by atoms with E-state index >= 15 is 4.39 Å². The second-order valence-electron chi connectivity index (χ2n) is 8.93. The predicted molar refractivity (Wildman–Crippen MR) is 122 cm³/mol. The van der Waals surface area contributed by atoms with Crippen LogP contribution >= 0.6 is 23.2 Å². The number of nitrogens with one attached hydrogen (secondary N) is 1. The first-order valence-electron chi connectivity index (χ1n) is 11.0. The summed E-state index contributed by atoms with van der Waals surface area (Å²) in [5.41, 5.74) is 0.320. The van der Waals surface area contributed by atoms with Crippen molar-refractivity contribution in [1.82, 2.24) is 24.6 Å². The molecule has 0 radical (unpaired) electrons. The molecule has 2 aliphatic heterocycles.